The van der Waals surface area contributed by atoms with Crippen LogP contribution < -0.4 is 5.73 Å². The zero-order valence-electron chi connectivity index (χ0n) is 9.74. The predicted octanol–water partition coefficient (Wildman–Crippen LogP) is 1.10. The summed E-state index contributed by atoms with van der Waals surface area (Å²) in [6.45, 7) is 0. The molecule has 0 aromatic heterocycles. The Morgan fingerprint density at radius 3 is 2.33 bits per heavy atom. The summed E-state index contributed by atoms with van der Waals surface area (Å²) in [5.41, 5.74) is 6.33. The second kappa shape index (κ2) is 4.70. The molecule has 2 rings (SSSR count). The molecule has 0 aliphatic heterocycles. The molecule has 6 heteroatoms. The summed E-state index contributed by atoms with van der Waals surface area (Å²) in [6, 6.07) is 5.57. The molecule has 1 aromatic carbocycles. The van der Waals surface area contributed by atoms with Crippen molar-refractivity contribution >= 4 is 15.8 Å². The first kappa shape index (κ1) is 13.0. The van der Waals surface area contributed by atoms with Crippen LogP contribution in [0, 0.1) is 0 Å². The van der Waals surface area contributed by atoms with E-state index < -0.39 is 21.8 Å². The average Bonchev–Trinajstić information content (AvgIpc) is 3.12. The van der Waals surface area contributed by atoms with Crippen molar-refractivity contribution in [2.45, 2.75) is 35.4 Å². The van der Waals surface area contributed by atoms with Crippen LogP contribution in [0.25, 0.3) is 0 Å². The Bertz CT molecular complexity index is 546. The van der Waals surface area contributed by atoms with E-state index in [0.29, 0.717) is 5.56 Å². The number of carboxylic acid groups (broad SMARTS) is 1. The Morgan fingerprint density at radius 2 is 1.89 bits per heavy atom. The average molecular weight is 269 g/mol. The maximum absolute atomic E-state index is 11.9. The molecule has 0 bridgehead atoms. The SMILES string of the molecule is NC(CC(=O)O)c1ccc(S(=O)(=O)C2CC2)cc1. The Morgan fingerprint density at radius 1 is 1.33 bits per heavy atom. The van der Waals surface area contributed by atoms with Crippen LogP contribution in [-0.2, 0) is 14.6 Å². The third kappa shape index (κ3) is 2.70. The van der Waals surface area contributed by atoms with E-state index in [1.165, 1.54) is 12.1 Å². The number of benzene rings is 1. The number of sulfone groups is 1. The van der Waals surface area contributed by atoms with Crippen LogP contribution in [0.5, 0.6) is 0 Å². The van der Waals surface area contributed by atoms with Crippen LogP contribution in [0.4, 0.5) is 0 Å². The van der Waals surface area contributed by atoms with Gasteiger partial charge in [0.2, 0.25) is 0 Å². The van der Waals surface area contributed by atoms with Crippen molar-refractivity contribution in [1.29, 1.82) is 0 Å². The van der Waals surface area contributed by atoms with E-state index in [2.05, 4.69) is 0 Å². The van der Waals surface area contributed by atoms with Gasteiger partial charge >= 0.3 is 5.97 Å². The van der Waals surface area contributed by atoms with E-state index in [-0.39, 0.29) is 16.6 Å². The first-order chi connectivity index (χ1) is 8.41. The molecule has 0 saturated heterocycles. The lowest BCUT2D eigenvalue weighted by molar-refractivity contribution is -0.137. The quantitative estimate of drug-likeness (QED) is 0.834. The number of rotatable bonds is 5. The predicted molar refractivity (Wildman–Crippen MR) is 65.8 cm³/mol. The van der Waals surface area contributed by atoms with Gasteiger partial charge in [0.15, 0.2) is 9.84 Å². The van der Waals surface area contributed by atoms with Crippen molar-refractivity contribution in [3.05, 3.63) is 29.8 Å². The van der Waals surface area contributed by atoms with Crippen molar-refractivity contribution in [2.24, 2.45) is 5.73 Å². The van der Waals surface area contributed by atoms with Gasteiger partial charge in [-0.3, -0.25) is 4.79 Å². The van der Waals surface area contributed by atoms with Gasteiger partial charge in [-0.15, -0.1) is 0 Å². The Balaban J connectivity index is 2.17. The first-order valence-electron chi connectivity index (χ1n) is 5.72. The largest absolute Gasteiger partial charge is 0.481 e. The second-order valence-electron chi connectivity index (χ2n) is 4.52. The maximum atomic E-state index is 11.9. The molecule has 1 fully saturated rings. The van der Waals surface area contributed by atoms with Gasteiger partial charge in [-0.2, -0.15) is 0 Å². The molecule has 1 aliphatic rings. The van der Waals surface area contributed by atoms with Gasteiger partial charge in [0.05, 0.1) is 16.6 Å². The van der Waals surface area contributed by atoms with E-state index >= 15 is 0 Å². The fourth-order valence-corrected chi connectivity index (χ4v) is 3.44. The highest BCUT2D eigenvalue weighted by Gasteiger charge is 2.36. The fraction of sp³-hybridized carbons (Fsp3) is 0.417. The number of nitrogens with two attached hydrogens (primary N) is 1. The second-order valence-corrected chi connectivity index (χ2v) is 6.75. The van der Waals surface area contributed by atoms with E-state index in [0.717, 1.165) is 12.8 Å². The van der Waals surface area contributed by atoms with Crippen molar-refractivity contribution in [3.8, 4) is 0 Å². The van der Waals surface area contributed by atoms with Crippen molar-refractivity contribution in [3.63, 3.8) is 0 Å². The molecule has 0 amide bonds. The number of carboxylic acids is 1. The maximum Gasteiger partial charge on any atom is 0.305 e. The molecule has 5 nitrogen and oxygen atoms in total. The van der Waals surface area contributed by atoms with Gasteiger partial charge in [-0.1, -0.05) is 12.1 Å². The van der Waals surface area contributed by atoms with Crippen LogP contribution in [0.2, 0.25) is 0 Å². The molecule has 98 valence electrons. The molecule has 1 aliphatic carbocycles. The smallest absolute Gasteiger partial charge is 0.305 e. The van der Waals surface area contributed by atoms with E-state index in [9.17, 15) is 13.2 Å². The molecule has 1 atom stereocenters. The lowest BCUT2D eigenvalue weighted by atomic mass is 10.1. The zero-order chi connectivity index (χ0) is 13.3. The molecule has 1 saturated carbocycles. The van der Waals surface area contributed by atoms with Gasteiger partial charge < -0.3 is 10.8 Å². The minimum Gasteiger partial charge on any atom is -0.481 e. The Labute approximate surface area is 106 Å². The summed E-state index contributed by atoms with van der Waals surface area (Å²) in [5, 5.41) is 8.39. The summed E-state index contributed by atoms with van der Waals surface area (Å²) in [5.74, 6) is -0.975. The third-order valence-electron chi connectivity index (χ3n) is 2.99. The van der Waals surface area contributed by atoms with E-state index in [1.54, 1.807) is 12.1 Å². The van der Waals surface area contributed by atoms with Gasteiger partial charge in [-0.05, 0) is 30.5 Å². The lowest BCUT2D eigenvalue weighted by Gasteiger charge is -2.10. The highest BCUT2D eigenvalue weighted by atomic mass is 32.2. The van der Waals surface area contributed by atoms with Crippen LogP contribution in [-0.4, -0.2) is 24.7 Å². The minimum atomic E-state index is -3.19. The van der Waals surface area contributed by atoms with Gasteiger partial charge in [-0.25, -0.2) is 8.42 Å². The van der Waals surface area contributed by atoms with Crippen LogP contribution in [0.15, 0.2) is 29.2 Å². The fourth-order valence-electron chi connectivity index (χ4n) is 1.78. The highest BCUT2D eigenvalue weighted by Crippen LogP contribution is 2.33. The lowest BCUT2D eigenvalue weighted by Crippen LogP contribution is -2.15. The number of hydrogen-bond acceptors (Lipinski definition) is 4. The standard InChI is InChI=1S/C12H15NO4S/c13-11(7-12(14)15)8-1-3-9(4-2-8)18(16,17)10-5-6-10/h1-4,10-11H,5-7,13H2,(H,14,15). The molecule has 1 aromatic rings. The van der Waals surface area contributed by atoms with Gasteiger partial charge in [0, 0.05) is 6.04 Å². The van der Waals surface area contributed by atoms with E-state index in [1.807, 2.05) is 0 Å². The first-order valence-corrected chi connectivity index (χ1v) is 7.27. The molecule has 3 N–H and O–H groups in total. The van der Waals surface area contributed by atoms with Gasteiger partial charge in [0.1, 0.15) is 0 Å². The molecule has 0 spiro atoms. The van der Waals surface area contributed by atoms with Crippen molar-refractivity contribution in [2.75, 3.05) is 0 Å². The number of carbonyl (C=O) groups is 1. The summed E-state index contributed by atoms with van der Waals surface area (Å²) < 4.78 is 23.9. The van der Waals surface area contributed by atoms with Gasteiger partial charge in [0.25, 0.3) is 0 Å². The van der Waals surface area contributed by atoms with Crippen LogP contribution in [0.3, 0.4) is 0 Å². The molecule has 18 heavy (non-hydrogen) atoms. The summed E-state index contributed by atoms with van der Waals surface area (Å²) >= 11 is 0. The molecular formula is C12H15NO4S. The Hall–Kier alpha value is -1.40. The monoisotopic (exact) mass is 269 g/mol. The Kier molecular flexibility index (Phi) is 3.41. The van der Waals surface area contributed by atoms with Crippen LogP contribution >= 0.6 is 0 Å². The third-order valence-corrected chi connectivity index (χ3v) is 5.27. The summed E-state index contributed by atoms with van der Waals surface area (Å²) in [7, 11) is -3.19. The van der Waals surface area contributed by atoms with E-state index in [4.69, 9.17) is 10.8 Å². The number of aliphatic carboxylic acids is 1. The normalized spacial score (nSPS) is 17.4. The van der Waals surface area contributed by atoms with Crippen molar-refractivity contribution < 1.29 is 18.3 Å². The molecule has 0 heterocycles. The molecular weight excluding hydrogens is 254 g/mol. The molecule has 0 radical (unpaired) electrons. The molecule has 1 unspecified atom stereocenters. The summed E-state index contributed by atoms with van der Waals surface area (Å²) in [6.07, 6.45) is 1.28. The minimum absolute atomic E-state index is 0.172. The zero-order valence-corrected chi connectivity index (χ0v) is 10.6. The number of hydrogen-bond donors (Lipinski definition) is 2. The van der Waals surface area contributed by atoms with Crippen molar-refractivity contribution in [1.82, 2.24) is 0 Å². The van der Waals surface area contributed by atoms with Crippen LogP contribution in [0.1, 0.15) is 30.9 Å². The summed E-state index contributed by atoms with van der Waals surface area (Å²) in [4.78, 5) is 10.8. The highest BCUT2D eigenvalue weighted by molar-refractivity contribution is 7.92. The topological polar surface area (TPSA) is 97.5 Å².